The van der Waals surface area contributed by atoms with E-state index in [1.165, 1.54) is 11.8 Å². The minimum absolute atomic E-state index is 0.332. The van der Waals surface area contributed by atoms with Gasteiger partial charge in [-0.05, 0) is 26.2 Å². The summed E-state index contributed by atoms with van der Waals surface area (Å²) in [6.45, 7) is 3.83. The lowest BCUT2D eigenvalue weighted by atomic mass is 10.2. The normalized spacial score (nSPS) is 10.1. The van der Waals surface area contributed by atoms with Crippen molar-refractivity contribution in [2.75, 3.05) is 12.9 Å². The second-order valence-electron chi connectivity index (χ2n) is 2.83. The fraction of sp³-hybridized carbons (Fsp3) is 0.400. The van der Waals surface area contributed by atoms with Crippen molar-refractivity contribution in [3.63, 3.8) is 0 Å². The highest BCUT2D eigenvalue weighted by Gasteiger charge is 2.16. The third kappa shape index (κ3) is 2.86. The van der Waals surface area contributed by atoms with Gasteiger partial charge in [0.25, 0.3) is 0 Å². The molecule has 1 rings (SSSR count). The van der Waals surface area contributed by atoms with E-state index in [1.807, 2.05) is 6.26 Å². The van der Waals surface area contributed by atoms with Crippen LogP contribution >= 0.6 is 23.4 Å². The summed E-state index contributed by atoms with van der Waals surface area (Å²) in [5, 5.41) is 1.19. The second kappa shape index (κ2) is 5.37. The van der Waals surface area contributed by atoms with Crippen molar-refractivity contribution >= 4 is 29.3 Å². The second-order valence-corrected chi connectivity index (χ2v) is 4.06. The van der Waals surface area contributed by atoms with Crippen molar-refractivity contribution < 1.29 is 9.53 Å². The van der Waals surface area contributed by atoms with Crippen molar-refractivity contribution in [1.82, 2.24) is 4.98 Å². The van der Waals surface area contributed by atoms with Crippen LogP contribution in [0, 0.1) is 6.92 Å². The smallest absolute Gasteiger partial charge is 0.341 e. The molecule has 0 saturated carbocycles. The average Bonchev–Trinajstić information content (AvgIpc) is 2.16. The number of carbonyl (C=O) groups is 1. The highest BCUT2D eigenvalue weighted by molar-refractivity contribution is 7.98. The molecule has 0 aliphatic rings. The van der Waals surface area contributed by atoms with Gasteiger partial charge in [-0.1, -0.05) is 11.6 Å². The molecule has 0 aliphatic heterocycles. The summed E-state index contributed by atoms with van der Waals surface area (Å²) in [5.74, 6) is -0.417. The Bertz CT molecular complexity index is 359. The maximum atomic E-state index is 11.5. The monoisotopic (exact) mass is 245 g/mol. The predicted molar refractivity (Wildman–Crippen MR) is 61.7 cm³/mol. The van der Waals surface area contributed by atoms with E-state index in [9.17, 15) is 4.79 Å². The van der Waals surface area contributed by atoms with E-state index in [0.29, 0.717) is 22.9 Å². The number of aryl methyl sites for hydroxylation is 1. The fourth-order valence-electron chi connectivity index (χ4n) is 1.16. The van der Waals surface area contributed by atoms with Gasteiger partial charge in [-0.25, -0.2) is 9.78 Å². The van der Waals surface area contributed by atoms with Gasteiger partial charge in [-0.2, -0.15) is 0 Å². The van der Waals surface area contributed by atoms with Crippen LogP contribution < -0.4 is 0 Å². The molecule has 0 N–H and O–H groups in total. The lowest BCUT2D eigenvalue weighted by molar-refractivity contribution is 0.0525. The Morgan fingerprint density at radius 3 is 2.80 bits per heavy atom. The first-order valence-electron chi connectivity index (χ1n) is 4.48. The summed E-state index contributed by atoms with van der Waals surface area (Å²) in [4.78, 5) is 15.8. The maximum absolute atomic E-state index is 11.5. The molecule has 82 valence electrons. The molecule has 0 bridgehead atoms. The molecule has 0 aliphatic carbocycles. The Balaban J connectivity index is 3.13. The molecule has 3 nitrogen and oxygen atoms in total. The lowest BCUT2D eigenvalue weighted by Crippen LogP contribution is -2.09. The molecule has 5 heteroatoms. The van der Waals surface area contributed by atoms with Gasteiger partial charge in [0.15, 0.2) is 0 Å². The molecule has 0 radical (unpaired) electrons. The molecule has 0 spiro atoms. The summed E-state index contributed by atoms with van der Waals surface area (Å²) in [7, 11) is 0. The van der Waals surface area contributed by atoms with Crippen LogP contribution in [0.15, 0.2) is 11.1 Å². The van der Waals surface area contributed by atoms with Crippen LogP contribution in [-0.2, 0) is 4.74 Å². The van der Waals surface area contributed by atoms with Crippen molar-refractivity contribution in [2.45, 2.75) is 18.9 Å². The Kier molecular flexibility index (Phi) is 4.42. The molecule has 0 amide bonds. The van der Waals surface area contributed by atoms with Crippen LogP contribution in [0.5, 0.6) is 0 Å². The standard InChI is InChI=1S/C10H12ClNO2S/c1-4-14-10(13)9-6(2)12-8(15-3)5-7(9)11/h5H,4H2,1-3H3. The van der Waals surface area contributed by atoms with Gasteiger partial charge < -0.3 is 4.74 Å². The minimum atomic E-state index is -0.417. The van der Waals surface area contributed by atoms with Gasteiger partial charge in [0, 0.05) is 0 Å². The summed E-state index contributed by atoms with van der Waals surface area (Å²) in [6.07, 6.45) is 1.90. The van der Waals surface area contributed by atoms with E-state index in [-0.39, 0.29) is 0 Å². The first-order valence-corrected chi connectivity index (χ1v) is 6.08. The van der Waals surface area contributed by atoms with E-state index in [0.717, 1.165) is 5.03 Å². The van der Waals surface area contributed by atoms with Crippen LogP contribution in [0.1, 0.15) is 23.0 Å². The topological polar surface area (TPSA) is 39.2 Å². The summed E-state index contributed by atoms with van der Waals surface area (Å²) in [5.41, 5.74) is 0.960. The van der Waals surface area contributed by atoms with Crippen LogP contribution in [0.3, 0.4) is 0 Å². The fourth-order valence-corrected chi connectivity index (χ4v) is 2.01. The molecular formula is C10H12ClNO2S. The van der Waals surface area contributed by atoms with Crippen molar-refractivity contribution in [3.8, 4) is 0 Å². The zero-order valence-electron chi connectivity index (χ0n) is 8.83. The quantitative estimate of drug-likeness (QED) is 0.606. The van der Waals surface area contributed by atoms with Gasteiger partial charge in [-0.3, -0.25) is 0 Å². The van der Waals surface area contributed by atoms with Gasteiger partial charge >= 0.3 is 5.97 Å². The number of halogens is 1. The molecule has 0 fully saturated rings. The molecule has 1 heterocycles. The molecule has 0 atom stereocenters. The van der Waals surface area contributed by atoms with E-state index in [4.69, 9.17) is 16.3 Å². The van der Waals surface area contributed by atoms with Gasteiger partial charge in [0.05, 0.1) is 27.9 Å². The van der Waals surface area contributed by atoms with Crippen LogP contribution in [0.2, 0.25) is 5.02 Å². The average molecular weight is 246 g/mol. The minimum Gasteiger partial charge on any atom is -0.462 e. The molecule has 15 heavy (non-hydrogen) atoms. The number of ether oxygens (including phenoxy) is 1. The number of carbonyl (C=O) groups excluding carboxylic acids is 1. The van der Waals surface area contributed by atoms with Gasteiger partial charge in [0.1, 0.15) is 0 Å². The van der Waals surface area contributed by atoms with E-state index in [2.05, 4.69) is 4.98 Å². The number of esters is 1. The van der Waals surface area contributed by atoms with Crippen molar-refractivity contribution in [3.05, 3.63) is 22.3 Å². The molecule has 0 aromatic carbocycles. The number of rotatable bonds is 3. The zero-order valence-corrected chi connectivity index (χ0v) is 10.4. The van der Waals surface area contributed by atoms with Gasteiger partial charge in [0.2, 0.25) is 0 Å². The van der Waals surface area contributed by atoms with Crippen LogP contribution in [0.4, 0.5) is 0 Å². The summed E-state index contributed by atoms with van der Waals surface area (Å²) >= 11 is 7.47. The number of pyridine rings is 1. The first kappa shape index (κ1) is 12.3. The highest BCUT2D eigenvalue weighted by atomic mass is 35.5. The zero-order chi connectivity index (χ0) is 11.4. The van der Waals surface area contributed by atoms with E-state index in [1.54, 1.807) is 19.9 Å². The molecule has 0 unspecified atom stereocenters. The third-order valence-corrected chi connectivity index (χ3v) is 2.74. The summed E-state index contributed by atoms with van der Waals surface area (Å²) < 4.78 is 4.89. The highest BCUT2D eigenvalue weighted by Crippen LogP contribution is 2.24. The Labute approximate surface area is 98.2 Å². The molecule has 1 aromatic rings. The van der Waals surface area contributed by atoms with E-state index >= 15 is 0 Å². The summed E-state index contributed by atoms with van der Waals surface area (Å²) in [6, 6.07) is 1.67. The predicted octanol–water partition coefficient (Wildman–Crippen LogP) is 2.94. The third-order valence-electron chi connectivity index (χ3n) is 1.82. The van der Waals surface area contributed by atoms with Gasteiger partial charge in [-0.15, -0.1) is 11.8 Å². The van der Waals surface area contributed by atoms with E-state index < -0.39 is 5.97 Å². The Morgan fingerprint density at radius 2 is 2.33 bits per heavy atom. The van der Waals surface area contributed by atoms with Crippen LogP contribution in [-0.4, -0.2) is 23.8 Å². The first-order chi connectivity index (χ1) is 7.10. The largest absolute Gasteiger partial charge is 0.462 e. The SMILES string of the molecule is CCOC(=O)c1c(Cl)cc(SC)nc1C. The lowest BCUT2D eigenvalue weighted by Gasteiger charge is -2.08. The van der Waals surface area contributed by atoms with Crippen molar-refractivity contribution in [1.29, 1.82) is 0 Å². The van der Waals surface area contributed by atoms with Crippen LogP contribution in [0.25, 0.3) is 0 Å². The maximum Gasteiger partial charge on any atom is 0.341 e. The Morgan fingerprint density at radius 1 is 1.67 bits per heavy atom. The number of hydrogen-bond donors (Lipinski definition) is 0. The molecule has 1 aromatic heterocycles. The molecular weight excluding hydrogens is 234 g/mol. The Hall–Kier alpha value is -0.740. The number of thioether (sulfide) groups is 1. The number of hydrogen-bond acceptors (Lipinski definition) is 4. The molecule has 0 saturated heterocycles. The van der Waals surface area contributed by atoms with Crippen molar-refractivity contribution in [2.24, 2.45) is 0 Å². The number of aromatic nitrogens is 1. The number of nitrogens with zero attached hydrogens (tertiary/aromatic N) is 1.